The summed E-state index contributed by atoms with van der Waals surface area (Å²) in [5.74, 6) is -0.522. The Kier molecular flexibility index (Phi) is 4.84. The molecule has 6 nitrogen and oxygen atoms in total. The van der Waals surface area contributed by atoms with Crippen LogP contribution in [-0.2, 0) is 4.79 Å². The summed E-state index contributed by atoms with van der Waals surface area (Å²) in [5, 5.41) is 4.61. The Morgan fingerprint density at radius 3 is 2.76 bits per heavy atom. The number of para-hydroxylation sites is 1. The SMILES string of the molecule is O=C(COc1ccc(F)cc1)N/N=C\c1cc2ccccc2[nH]c1=O. The number of hydrogen-bond donors (Lipinski definition) is 2. The number of aromatic amines is 1. The number of rotatable bonds is 5. The zero-order valence-corrected chi connectivity index (χ0v) is 13.0. The third kappa shape index (κ3) is 4.29. The van der Waals surface area contributed by atoms with Crippen LogP contribution in [0.1, 0.15) is 5.56 Å². The number of benzene rings is 2. The second kappa shape index (κ2) is 7.39. The number of carbonyl (C=O) groups excluding carboxylic acids is 1. The van der Waals surface area contributed by atoms with E-state index < -0.39 is 5.91 Å². The van der Waals surface area contributed by atoms with E-state index >= 15 is 0 Å². The molecule has 25 heavy (non-hydrogen) atoms. The van der Waals surface area contributed by atoms with E-state index in [0.29, 0.717) is 11.3 Å². The van der Waals surface area contributed by atoms with Crippen molar-refractivity contribution in [2.24, 2.45) is 5.10 Å². The molecule has 0 fully saturated rings. The molecule has 3 aromatic rings. The number of halogens is 1. The number of hydrogen-bond acceptors (Lipinski definition) is 4. The lowest BCUT2D eigenvalue weighted by molar-refractivity contribution is -0.123. The minimum Gasteiger partial charge on any atom is -0.484 e. The first-order valence-corrected chi connectivity index (χ1v) is 7.44. The van der Waals surface area contributed by atoms with E-state index in [-0.39, 0.29) is 18.0 Å². The number of H-pyrrole nitrogens is 1. The summed E-state index contributed by atoms with van der Waals surface area (Å²) in [7, 11) is 0. The van der Waals surface area contributed by atoms with E-state index in [1.165, 1.54) is 30.5 Å². The first-order valence-electron chi connectivity index (χ1n) is 7.44. The molecular weight excluding hydrogens is 325 g/mol. The van der Waals surface area contributed by atoms with Gasteiger partial charge in [-0.3, -0.25) is 9.59 Å². The molecule has 0 bridgehead atoms. The van der Waals surface area contributed by atoms with Gasteiger partial charge in [-0.25, -0.2) is 9.82 Å². The molecule has 0 spiro atoms. The number of nitrogens with zero attached hydrogens (tertiary/aromatic N) is 1. The van der Waals surface area contributed by atoms with Crippen molar-refractivity contribution in [2.75, 3.05) is 6.61 Å². The van der Waals surface area contributed by atoms with E-state index in [2.05, 4.69) is 15.5 Å². The highest BCUT2D eigenvalue weighted by molar-refractivity contribution is 5.88. The Morgan fingerprint density at radius 2 is 1.96 bits per heavy atom. The maximum Gasteiger partial charge on any atom is 0.277 e. The number of aromatic nitrogens is 1. The molecule has 0 saturated heterocycles. The van der Waals surface area contributed by atoms with Gasteiger partial charge in [0.25, 0.3) is 11.5 Å². The quantitative estimate of drug-likeness (QED) is 0.552. The van der Waals surface area contributed by atoms with E-state index in [4.69, 9.17) is 4.74 Å². The third-order valence-corrected chi connectivity index (χ3v) is 3.36. The zero-order valence-electron chi connectivity index (χ0n) is 13.0. The standard InChI is InChI=1S/C18H14FN3O3/c19-14-5-7-15(8-6-14)25-11-17(23)22-20-10-13-9-12-3-1-2-4-16(12)21-18(13)24/h1-10H,11H2,(H,21,24)(H,22,23)/b20-10-. The molecule has 1 aromatic heterocycles. The maximum absolute atomic E-state index is 12.8. The van der Waals surface area contributed by atoms with E-state index in [1.807, 2.05) is 18.2 Å². The minimum atomic E-state index is -0.502. The lowest BCUT2D eigenvalue weighted by Crippen LogP contribution is -2.25. The summed E-state index contributed by atoms with van der Waals surface area (Å²) in [4.78, 5) is 26.3. The Bertz CT molecular complexity index is 981. The first-order chi connectivity index (χ1) is 12.1. The highest BCUT2D eigenvalue weighted by Gasteiger charge is 2.03. The lowest BCUT2D eigenvalue weighted by atomic mass is 10.2. The average Bonchev–Trinajstić information content (AvgIpc) is 2.61. The third-order valence-electron chi connectivity index (χ3n) is 3.36. The van der Waals surface area contributed by atoms with Crippen molar-refractivity contribution >= 4 is 23.0 Å². The van der Waals surface area contributed by atoms with Crippen molar-refractivity contribution in [3.63, 3.8) is 0 Å². The van der Waals surface area contributed by atoms with Crippen molar-refractivity contribution in [3.8, 4) is 5.75 Å². The summed E-state index contributed by atoms with van der Waals surface area (Å²) in [6.45, 7) is -0.281. The van der Waals surface area contributed by atoms with Gasteiger partial charge in [-0.2, -0.15) is 5.10 Å². The second-order valence-electron chi connectivity index (χ2n) is 5.18. The summed E-state index contributed by atoms with van der Waals surface area (Å²) in [5.41, 5.74) is 3.00. The number of pyridine rings is 1. The van der Waals surface area contributed by atoms with E-state index in [9.17, 15) is 14.0 Å². The maximum atomic E-state index is 12.8. The molecule has 0 aliphatic rings. The minimum absolute atomic E-state index is 0.281. The van der Waals surface area contributed by atoms with Crippen molar-refractivity contribution < 1.29 is 13.9 Å². The molecule has 0 radical (unpaired) electrons. The molecule has 3 rings (SSSR count). The fourth-order valence-electron chi connectivity index (χ4n) is 2.15. The molecule has 0 unspecified atom stereocenters. The topological polar surface area (TPSA) is 83.5 Å². The van der Waals surface area contributed by atoms with Gasteiger partial charge in [-0.1, -0.05) is 18.2 Å². The van der Waals surface area contributed by atoms with Crippen LogP contribution in [0.5, 0.6) is 5.75 Å². The van der Waals surface area contributed by atoms with Gasteiger partial charge in [0.2, 0.25) is 0 Å². The monoisotopic (exact) mass is 339 g/mol. The van der Waals surface area contributed by atoms with Crippen LogP contribution in [0, 0.1) is 5.82 Å². The Morgan fingerprint density at radius 1 is 1.20 bits per heavy atom. The molecule has 126 valence electrons. The van der Waals surface area contributed by atoms with Gasteiger partial charge in [0, 0.05) is 5.52 Å². The van der Waals surface area contributed by atoms with E-state index in [1.54, 1.807) is 12.1 Å². The van der Waals surface area contributed by atoms with Crippen molar-refractivity contribution in [1.82, 2.24) is 10.4 Å². The largest absolute Gasteiger partial charge is 0.484 e. The van der Waals surface area contributed by atoms with Crippen LogP contribution >= 0.6 is 0 Å². The second-order valence-corrected chi connectivity index (χ2v) is 5.18. The highest BCUT2D eigenvalue weighted by atomic mass is 19.1. The molecule has 7 heteroatoms. The molecule has 2 N–H and O–H groups in total. The van der Waals surface area contributed by atoms with Crippen LogP contribution in [0.2, 0.25) is 0 Å². The van der Waals surface area contributed by atoms with Gasteiger partial charge >= 0.3 is 0 Å². The van der Waals surface area contributed by atoms with Crippen LogP contribution in [0.25, 0.3) is 10.9 Å². The van der Waals surface area contributed by atoms with Crippen LogP contribution < -0.4 is 15.7 Å². The number of ether oxygens (including phenoxy) is 1. The average molecular weight is 339 g/mol. The van der Waals surface area contributed by atoms with Gasteiger partial charge in [0.05, 0.1) is 11.8 Å². The molecule has 0 aliphatic heterocycles. The molecule has 0 aliphatic carbocycles. The summed E-state index contributed by atoms with van der Waals surface area (Å²) in [6, 6.07) is 14.3. The predicted molar refractivity (Wildman–Crippen MR) is 92.2 cm³/mol. The fourth-order valence-corrected chi connectivity index (χ4v) is 2.15. The molecular formula is C18H14FN3O3. The summed E-state index contributed by atoms with van der Waals surface area (Å²) < 4.78 is 17.9. The molecule has 1 amide bonds. The Balaban J connectivity index is 1.59. The number of hydrazone groups is 1. The number of carbonyl (C=O) groups is 1. The normalized spacial score (nSPS) is 10.9. The Labute approximate surface area is 142 Å². The van der Waals surface area contributed by atoms with E-state index in [0.717, 1.165) is 10.9 Å². The molecule has 2 aromatic carbocycles. The van der Waals surface area contributed by atoms with Gasteiger partial charge < -0.3 is 9.72 Å². The first kappa shape index (κ1) is 16.4. The van der Waals surface area contributed by atoms with Crippen LogP contribution in [0.4, 0.5) is 4.39 Å². The fraction of sp³-hybridized carbons (Fsp3) is 0.0556. The zero-order chi connectivity index (χ0) is 17.6. The van der Waals surface area contributed by atoms with Gasteiger partial charge in [0.15, 0.2) is 6.61 Å². The van der Waals surface area contributed by atoms with Crippen LogP contribution in [0.15, 0.2) is 64.5 Å². The smallest absolute Gasteiger partial charge is 0.277 e. The number of nitrogens with one attached hydrogen (secondary N) is 2. The Hall–Kier alpha value is -3.48. The number of fused-ring (bicyclic) bond motifs is 1. The van der Waals surface area contributed by atoms with Gasteiger partial charge in [0.1, 0.15) is 11.6 Å². The van der Waals surface area contributed by atoms with Gasteiger partial charge in [-0.05, 0) is 41.8 Å². The molecule has 0 atom stereocenters. The molecule has 1 heterocycles. The highest BCUT2D eigenvalue weighted by Crippen LogP contribution is 2.11. The van der Waals surface area contributed by atoms with Gasteiger partial charge in [-0.15, -0.1) is 0 Å². The van der Waals surface area contributed by atoms with Crippen LogP contribution in [-0.4, -0.2) is 23.7 Å². The van der Waals surface area contributed by atoms with Crippen molar-refractivity contribution in [3.05, 3.63) is 76.3 Å². The summed E-state index contributed by atoms with van der Waals surface area (Å²) in [6.07, 6.45) is 1.26. The van der Waals surface area contributed by atoms with Crippen molar-refractivity contribution in [1.29, 1.82) is 0 Å². The van der Waals surface area contributed by atoms with Crippen LogP contribution in [0.3, 0.4) is 0 Å². The number of amides is 1. The predicted octanol–water partition coefficient (Wildman–Crippen LogP) is 2.20. The summed E-state index contributed by atoms with van der Waals surface area (Å²) >= 11 is 0. The lowest BCUT2D eigenvalue weighted by Gasteiger charge is -2.04. The van der Waals surface area contributed by atoms with Crippen molar-refractivity contribution in [2.45, 2.75) is 0 Å². The molecule has 0 saturated carbocycles.